The Labute approximate surface area is 124 Å². The van der Waals surface area contributed by atoms with Gasteiger partial charge in [0.25, 0.3) is 0 Å². The highest BCUT2D eigenvalue weighted by molar-refractivity contribution is 6.31. The van der Waals surface area contributed by atoms with Crippen LogP contribution in [0.4, 0.5) is 11.4 Å². The second-order valence-electron chi connectivity index (χ2n) is 4.84. The van der Waals surface area contributed by atoms with Crippen molar-refractivity contribution < 1.29 is 9.53 Å². The van der Waals surface area contributed by atoms with E-state index in [2.05, 4.69) is 10.2 Å². The van der Waals surface area contributed by atoms with Gasteiger partial charge in [-0.3, -0.25) is 4.79 Å². The highest BCUT2D eigenvalue weighted by atomic mass is 35.5. The molecule has 0 atom stereocenters. The van der Waals surface area contributed by atoms with Crippen LogP contribution < -0.4 is 11.1 Å². The van der Waals surface area contributed by atoms with Crippen LogP contribution in [-0.2, 0) is 9.53 Å². The molecule has 20 heavy (non-hydrogen) atoms. The van der Waals surface area contributed by atoms with Crippen LogP contribution in [0.5, 0.6) is 0 Å². The zero-order valence-corrected chi connectivity index (χ0v) is 12.2. The van der Waals surface area contributed by atoms with E-state index in [1.807, 2.05) is 0 Å². The van der Waals surface area contributed by atoms with E-state index >= 15 is 0 Å². The number of ether oxygens (including phenoxy) is 1. The van der Waals surface area contributed by atoms with E-state index in [1.54, 1.807) is 18.2 Å². The Morgan fingerprint density at radius 2 is 2.25 bits per heavy atom. The first-order valence-electron chi connectivity index (χ1n) is 6.80. The Morgan fingerprint density at radius 1 is 1.40 bits per heavy atom. The summed E-state index contributed by atoms with van der Waals surface area (Å²) in [6.07, 6.45) is 1.45. The fourth-order valence-corrected chi connectivity index (χ4v) is 2.30. The number of rotatable bonds is 4. The molecule has 1 aromatic carbocycles. The molecule has 0 aromatic heterocycles. The fourth-order valence-electron chi connectivity index (χ4n) is 2.13. The van der Waals surface area contributed by atoms with Crippen LogP contribution >= 0.6 is 11.6 Å². The molecule has 1 amide bonds. The Bertz CT molecular complexity index is 460. The molecule has 0 unspecified atom stereocenters. The molecule has 3 N–H and O–H groups in total. The minimum absolute atomic E-state index is 0.0517. The zero-order chi connectivity index (χ0) is 14.4. The summed E-state index contributed by atoms with van der Waals surface area (Å²) in [7, 11) is 0. The van der Waals surface area contributed by atoms with Gasteiger partial charge in [0.15, 0.2) is 0 Å². The van der Waals surface area contributed by atoms with Crippen molar-refractivity contribution in [2.75, 3.05) is 43.9 Å². The third-order valence-electron chi connectivity index (χ3n) is 3.26. The number of nitrogens with one attached hydrogen (secondary N) is 1. The van der Waals surface area contributed by atoms with Gasteiger partial charge in [-0.1, -0.05) is 11.6 Å². The third-order valence-corrected chi connectivity index (χ3v) is 3.49. The third kappa shape index (κ3) is 4.67. The number of carbonyl (C=O) groups is 1. The second-order valence-corrected chi connectivity index (χ2v) is 5.27. The van der Waals surface area contributed by atoms with Crippen molar-refractivity contribution in [2.45, 2.75) is 12.8 Å². The molecule has 5 nitrogen and oxygen atoms in total. The molecule has 1 aromatic rings. The Kier molecular flexibility index (Phi) is 5.64. The lowest BCUT2D eigenvalue weighted by Crippen LogP contribution is -2.30. The van der Waals surface area contributed by atoms with E-state index in [4.69, 9.17) is 22.1 Å². The van der Waals surface area contributed by atoms with Crippen LogP contribution in [0.1, 0.15) is 12.8 Å². The molecule has 1 heterocycles. The lowest BCUT2D eigenvalue weighted by atomic mass is 10.2. The van der Waals surface area contributed by atoms with Crippen molar-refractivity contribution in [3.8, 4) is 0 Å². The van der Waals surface area contributed by atoms with Crippen LogP contribution in [0, 0.1) is 0 Å². The van der Waals surface area contributed by atoms with E-state index in [0.717, 1.165) is 39.3 Å². The standard InChI is InChI=1S/C14H20ClN3O2/c15-11-2-3-12(16)13(10-11)17-14(19)4-6-18-5-1-8-20-9-7-18/h2-3,10H,1,4-9,16H2,(H,17,19). The van der Waals surface area contributed by atoms with Crippen LogP contribution in [0.15, 0.2) is 18.2 Å². The van der Waals surface area contributed by atoms with E-state index in [0.29, 0.717) is 22.8 Å². The Hall–Kier alpha value is -1.30. The maximum atomic E-state index is 11.9. The monoisotopic (exact) mass is 297 g/mol. The minimum Gasteiger partial charge on any atom is -0.397 e. The summed E-state index contributed by atoms with van der Waals surface area (Å²) in [4.78, 5) is 14.2. The summed E-state index contributed by atoms with van der Waals surface area (Å²) in [6, 6.07) is 5.04. The SMILES string of the molecule is Nc1ccc(Cl)cc1NC(=O)CCN1CCCOCC1. The largest absolute Gasteiger partial charge is 0.397 e. The Balaban J connectivity index is 1.81. The minimum atomic E-state index is -0.0517. The van der Waals surface area contributed by atoms with Crippen molar-refractivity contribution in [3.63, 3.8) is 0 Å². The Morgan fingerprint density at radius 3 is 3.10 bits per heavy atom. The van der Waals surface area contributed by atoms with Gasteiger partial charge in [0.1, 0.15) is 0 Å². The summed E-state index contributed by atoms with van der Waals surface area (Å²) in [6.45, 7) is 4.14. The van der Waals surface area contributed by atoms with E-state index < -0.39 is 0 Å². The quantitative estimate of drug-likeness (QED) is 0.834. The normalized spacial score (nSPS) is 16.6. The van der Waals surface area contributed by atoms with Gasteiger partial charge in [-0.15, -0.1) is 0 Å². The molecule has 6 heteroatoms. The zero-order valence-electron chi connectivity index (χ0n) is 11.4. The molecule has 0 bridgehead atoms. The van der Waals surface area contributed by atoms with Crippen molar-refractivity contribution in [1.29, 1.82) is 0 Å². The average Bonchev–Trinajstić information content (AvgIpc) is 2.69. The number of halogens is 1. The molecule has 1 aliphatic rings. The predicted octanol–water partition coefficient (Wildman–Crippen LogP) is 1.97. The van der Waals surface area contributed by atoms with Gasteiger partial charge < -0.3 is 20.7 Å². The maximum absolute atomic E-state index is 11.9. The van der Waals surface area contributed by atoms with Gasteiger partial charge in [0.2, 0.25) is 5.91 Å². The molecule has 0 spiro atoms. The summed E-state index contributed by atoms with van der Waals surface area (Å²) >= 11 is 5.89. The summed E-state index contributed by atoms with van der Waals surface area (Å²) < 4.78 is 5.38. The molecule has 0 saturated carbocycles. The maximum Gasteiger partial charge on any atom is 0.225 e. The number of benzene rings is 1. The first-order valence-corrected chi connectivity index (χ1v) is 7.18. The van der Waals surface area contributed by atoms with E-state index in [1.165, 1.54) is 0 Å². The number of nitrogens with two attached hydrogens (primary N) is 1. The topological polar surface area (TPSA) is 67.6 Å². The summed E-state index contributed by atoms with van der Waals surface area (Å²) in [5.74, 6) is -0.0517. The van der Waals surface area contributed by atoms with Gasteiger partial charge in [0.05, 0.1) is 18.0 Å². The molecular formula is C14H20ClN3O2. The van der Waals surface area contributed by atoms with Gasteiger partial charge >= 0.3 is 0 Å². The number of nitrogen functional groups attached to an aromatic ring is 1. The molecule has 0 radical (unpaired) electrons. The smallest absolute Gasteiger partial charge is 0.225 e. The van der Waals surface area contributed by atoms with Crippen molar-refractivity contribution >= 4 is 28.9 Å². The number of anilines is 2. The molecule has 0 aliphatic carbocycles. The van der Waals surface area contributed by atoms with Crippen LogP contribution in [0.3, 0.4) is 0 Å². The van der Waals surface area contributed by atoms with Crippen molar-refractivity contribution in [1.82, 2.24) is 4.90 Å². The fraction of sp³-hybridized carbons (Fsp3) is 0.500. The first-order chi connectivity index (χ1) is 9.65. The molecule has 2 rings (SSSR count). The first kappa shape index (κ1) is 15.1. The molecule has 110 valence electrons. The lowest BCUT2D eigenvalue weighted by molar-refractivity contribution is -0.116. The molecule has 1 saturated heterocycles. The number of nitrogens with zero attached hydrogens (tertiary/aromatic N) is 1. The molecule has 1 fully saturated rings. The van der Waals surface area contributed by atoms with Gasteiger partial charge in [-0.05, 0) is 24.6 Å². The lowest BCUT2D eigenvalue weighted by Gasteiger charge is -2.18. The van der Waals surface area contributed by atoms with Gasteiger partial charge in [0, 0.05) is 37.7 Å². The van der Waals surface area contributed by atoms with Gasteiger partial charge in [-0.2, -0.15) is 0 Å². The van der Waals surface area contributed by atoms with E-state index in [9.17, 15) is 4.79 Å². The highest BCUT2D eigenvalue weighted by Crippen LogP contribution is 2.22. The number of carbonyl (C=O) groups excluding carboxylic acids is 1. The number of hydrogen-bond donors (Lipinski definition) is 2. The number of hydrogen-bond acceptors (Lipinski definition) is 4. The van der Waals surface area contributed by atoms with Crippen LogP contribution in [0.25, 0.3) is 0 Å². The van der Waals surface area contributed by atoms with Gasteiger partial charge in [-0.25, -0.2) is 0 Å². The molecular weight excluding hydrogens is 278 g/mol. The second kappa shape index (κ2) is 7.47. The van der Waals surface area contributed by atoms with Crippen molar-refractivity contribution in [3.05, 3.63) is 23.2 Å². The molecule has 1 aliphatic heterocycles. The van der Waals surface area contributed by atoms with E-state index in [-0.39, 0.29) is 5.91 Å². The van der Waals surface area contributed by atoms with Crippen molar-refractivity contribution in [2.24, 2.45) is 0 Å². The predicted molar refractivity (Wildman–Crippen MR) is 81.0 cm³/mol. The average molecular weight is 298 g/mol. The summed E-state index contributed by atoms with van der Waals surface area (Å²) in [5, 5.41) is 3.35. The summed E-state index contributed by atoms with van der Waals surface area (Å²) in [5.41, 5.74) is 6.89. The number of amides is 1. The van der Waals surface area contributed by atoms with Crippen LogP contribution in [-0.4, -0.2) is 43.7 Å². The van der Waals surface area contributed by atoms with Crippen LogP contribution in [0.2, 0.25) is 5.02 Å². The highest BCUT2D eigenvalue weighted by Gasteiger charge is 2.12.